The van der Waals surface area contributed by atoms with E-state index < -0.39 is 0 Å². The first kappa shape index (κ1) is 21.5. The summed E-state index contributed by atoms with van der Waals surface area (Å²) in [6.07, 6.45) is 0.757. The number of carbonyl (C=O) groups is 3. The maximum absolute atomic E-state index is 12.2. The number of hydrogen-bond acceptors (Lipinski definition) is 4. The molecule has 0 aliphatic heterocycles. The number of amides is 3. The van der Waals surface area contributed by atoms with Crippen LogP contribution in [0.15, 0.2) is 66.0 Å². The van der Waals surface area contributed by atoms with Crippen molar-refractivity contribution < 1.29 is 14.4 Å². The third-order valence-electron chi connectivity index (χ3n) is 4.12. The lowest BCUT2D eigenvalue weighted by molar-refractivity contribution is -0.116. The largest absolute Gasteiger partial charge is 0.352 e. The molecule has 0 bridgehead atoms. The van der Waals surface area contributed by atoms with Gasteiger partial charge in [0, 0.05) is 34.9 Å². The quantitative estimate of drug-likeness (QED) is 0.438. The van der Waals surface area contributed by atoms with Crippen LogP contribution in [-0.4, -0.2) is 24.3 Å². The van der Waals surface area contributed by atoms with E-state index in [-0.39, 0.29) is 24.1 Å². The molecule has 3 aromatic rings. The summed E-state index contributed by atoms with van der Waals surface area (Å²) in [5.74, 6) is -0.566. The zero-order valence-corrected chi connectivity index (χ0v) is 17.6. The summed E-state index contributed by atoms with van der Waals surface area (Å²) in [5.41, 5.74) is 1.71. The zero-order valence-electron chi connectivity index (χ0n) is 16.0. The predicted molar refractivity (Wildman–Crippen MR) is 120 cm³/mol. The van der Waals surface area contributed by atoms with Crippen LogP contribution in [-0.2, 0) is 4.79 Å². The van der Waals surface area contributed by atoms with Gasteiger partial charge in [-0.3, -0.25) is 14.4 Å². The van der Waals surface area contributed by atoms with E-state index >= 15 is 0 Å². The number of nitrogens with one attached hydrogen (secondary N) is 3. The summed E-state index contributed by atoms with van der Waals surface area (Å²) >= 11 is 7.17. The molecule has 3 rings (SSSR count). The van der Waals surface area contributed by atoms with Crippen molar-refractivity contribution >= 4 is 52.0 Å². The van der Waals surface area contributed by atoms with E-state index in [4.69, 9.17) is 11.6 Å². The molecule has 0 fully saturated rings. The van der Waals surface area contributed by atoms with Crippen molar-refractivity contribution in [3.05, 3.63) is 81.5 Å². The fraction of sp³-hybridized carbons (Fsp3) is 0.136. The number of carbonyl (C=O) groups excluding carboxylic acids is 3. The number of anilines is 2. The Hall–Kier alpha value is -3.16. The van der Waals surface area contributed by atoms with Gasteiger partial charge in [-0.05, 0) is 60.3 Å². The first-order valence-corrected chi connectivity index (χ1v) is 10.6. The summed E-state index contributed by atoms with van der Waals surface area (Å²) in [5, 5.41) is 10.8. The first-order chi connectivity index (χ1) is 14.5. The molecule has 0 saturated heterocycles. The molecular weight excluding hydrogens is 422 g/mol. The first-order valence-electron chi connectivity index (χ1n) is 9.30. The van der Waals surface area contributed by atoms with Crippen LogP contribution in [0.4, 0.5) is 11.4 Å². The van der Waals surface area contributed by atoms with Crippen LogP contribution in [0.3, 0.4) is 0 Å². The van der Waals surface area contributed by atoms with Crippen LogP contribution < -0.4 is 16.0 Å². The normalized spacial score (nSPS) is 10.3. The van der Waals surface area contributed by atoms with E-state index in [1.165, 1.54) is 11.3 Å². The molecule has 0 atom stereocenters. The van der Waals surface area contributed by atoms with Crippen molar-refractivity contribution in [2.75, 3.05) is 17.2 Å². The third kappa shape index (κ3) is 6.43. The molecule has 1 heterocycles. The lowest BCUT2D eigenvalue weighted by Gasteiger charge is -2.09. The lowest BCUT2D eigenvalue weighted by Crippen LogP contribution is -2.25. The Morgan fingerprint density at radius 2 is 1.60 bits per heavy atom. The average molecular weight is 442 g/mol. The molecular formula is C22H20ClN3O3S. The average Bonchev–Trinajstić information content (AvgIpc) is 3.27. The Morgan fingerprint density at radius 3 is 2.30 bits per heavy atom. The fourth-order valence-electron chi connectivity index (χ4n) is 2.65. The van der Waals surface area contributed by atoms with E-state index in [1.54, 1.807) is 54.6 Å². The molecule has 8 heteroatoms. The van der Waals surface area contributed by atoms with Gasteiger partial charge < -0.3 is 16.0 Å². The Balaban J connectivity index is 1.42. The molecule has 0 spiro atoms. The maximum Gasteiger partial charge on any atom is 0.265 e. The van der Waals surface area contributed by atoms with Gasteiger partial charge in [0.2, 0.25) is 5.91 Å². The number of rotatable bonds is 8. The van der Waals surface area contributed by atoms with Crippen LogP contribution >= 0.6 is 22.9 Å². The second-order valence-corrected chi connectivity index (χ2v) is 7.81. The van der Waals surface area contributed by atoms with Crippen LogP contribution in [0.5, 0.6) is 0 Å². The highest BCUT2D eigenvalue weighted by atomic mass is 35.5. The van der Waals surface area contributed by atoms with E-state index in [0.717, 1.165) is 0 Å². The van der Waals surface area contributed by atoms with Gasteiger partial charge in [-0.2, -0.15) is 0 Å². The molecule has 1 aromatic heterocycles. The molecule has 0 aliphatic carbocycles. The topological polar surface area (TPSA) is 87.3 Å². The molecule has 30 heavy (non-hydrogen) atoms. The van der Waals surface area contributed by atoms with Gasteiger partial charge >= 0.3 is 0 Å². The van der Waals surface area contributed by atoms with Gasteiger partial charge in [0.1, 0.15) is 0 Å². The van der Waals surface area contributed by atoms with Crippen molar-refractivity contribution in [2.45, 2.75) is 12.8 Å². The second-order valence-electron chi connectivity index (χ2n) is 6.43. The highest BCUT2D eigenvalue weighted by Gasteiger charge is 2.09. The summed E-state index contributed by atoms with van der Waals surface area (Å²) < 4.78 is 0. The standard InChI is InChI=1S/C22H20ClN3O3S/c23-16-10-8-15(9-11-16)21(28)24-12-2-7-20(27)25-17-4-1-5-18(14-17)26-22(29)19-6-3-13-30-19/h1,3-6,8-11,13-14H,2,7,12H2,(H,24,28)(H,25,27)(H,26,29). The minimum atomic E-state index is -0.207. The van der Waals surface area contributed by atoms with Gasteiger partial charge in [-0.25, -0.2) is 0 Å². The van der Waals surface area contributed by atoms with Crippen LogP contribution in [0.1, 0.15) is 32.9 Å². The molecule has 6 nitrogen and oxygen atoms in total. The Morgan fingerprint density at radius 1 is 0.867 bits per heavy atom. The zero-order chi connectivity index (χ0) is 21.3. The van der Waals surface area contributed by atoms with E-state index in [9.17, 15) is 14.4 Å². The van der Waals surface area contributed by atoms with Gasteiger partial charge in [0.15, 0.2) is 0 Å². The summed E-state index contributed by atoms with van der Waals surface area (Å²) in [7, 11) is 0. The van der Waals surface area contributed by atoms with E-state index in [1.807, 2.05) is 11.4 Å². The van der Waals surface area contributed by atoms with Crippen LogP contribution in [0, 0.1) is 0 Å². The Labute approximate surface area is 183 Å². The SMILES string of the molecule is O=C(CCCNC(=O)c1ccc(Cl)cc1)Nc1cccc(NC(=O)c2cccs2)c1. The Kier molecular flexibility index (Phi) is 7.59. The van der Waals surface area contributed by atoms with Crippen molar-refractivity contribution in [2.24, 2.45) is 0 Å². The highest BCUT2D eigenvalue weighted by Crippen LogP contribution is 2.18. The van der Waals surface area contributed by atoms with Gasteiger partial charge in [-0.1, -0.05) is 23.7 Å². The minimum absolute atomic E-state index is 0.169. The monoisotopic (exact) mass is 441 g/mol. The van der Waals surface area contributed by atoms with Gasteiger partial charge in [0.05, 0.1) is 4.88 Å². The summed E-state index contributed by atoms with van der Waals surface area (Å²) in [6, 6.07) is 17.1. The fourth-order valence-corrected chi connectivity index (χ4v) is 3.40. The van der Waals surface area contributed by atoms with E-state index in [0.29, 0.717) is 39.8 Å². The second kappa shape index (κ2) is 10.6. The molecule has 3 N–H and O–H groups in total. The van der Waals surface area contributed by atoms with Crippen molar-refractivity contribution in [1.82, 2.24) is 5.32 Å². The molecule has 0 unspecified atom stereocenters. The third-order valence-corrected chi connectivity index (χ3v) is 5.24. The number of benzene rings is 2. The maximum atomic E-state index is 12.2. The number of halogens is 1. The van der Waals surface area contributed by atoms with Crippen molar-refractivity contribution in [3.63, 3.8) is 0 Å². The molecule has 0 saturated carbocycles. The van der Waals surface area contributed by atoms with Crippen molar-refractivity contribution in [3.8, 4) is 0 Å². The molecule has 0 radical (unpaired) electrons. The minimum Gasteiger partial charge on any atom is -0.352 e. The van der Waals surface area contributed by atoms with Gasteiger partial charge in [0.25, 0.3) is 11.8 Å². The predicted octanol–water partition coefficient (Wildman–Crippen LogP) is 4.80. The summed E-state index contributed by atoms with van der Waals surface area (Å²) in [6.45, 7) is 0.381. The highest BCUT2D eigenvalue weighted by molar-refractivity contribution is 7.12. The molecule has 154 valence electrons. The summed E-state index contributed by atoms with van der Waals surface area (Å²) in [4.78, 5) is 36.9. The van der Waals surface area contributed by atoms with Crippen molar-refractivity contribution in [1.29, 1.82) is 0 Å². The smallest absolute Gasteiger partial charge is 0.265 e. The number of thiophene rings is 1. The van der Waals surface area contributed by atoms with E-state index in [2.05, 4.69) is 16.0 Å². The molecule has 3 amide bonds. The molecule has 2 aromatic carbocycles. The van der Waals surface area contributed by atoms with Gasteiger partial charge in [-0.15, -0.1) is 11.3 Å². The molecule has 0 aliphatic rings. The number of hydrogen-bond donors (Lipinski definition) is 3. The van der Waals surface area contributed by atoms with Crippen LogP contribution in [0.2, 0.25) is 5.02 Å². The lowest BCUT2D eigenvalue weighted by atomic mass is 10.2. The Bertz CT molecular complexity index is 1020. The van der Waals surface area contributed by atoms with Crippen LogP contribution in [0.25, 0.3) is 0 Å².